The molecular formula is C36H34N2O9. The first-order valence-corrected chi connectivity index (χ1v) is 15.3. The first kappa shape index (κ1) is 30.1. The summed E-state index contributed by atoms with van der Waals surface area (Å²) in [5.41, 5.74) is 4.79. The van der Waals surface area contributed by atoms with E-state index in [2.05, 4.69) is 10.6 Å². The lowest BCUT2D eigenvalue weighted by molar-refractivity contribution is -0.141. The van der Waals surface area contributed by atoms with E-state index in [0.29, 0.717) is 30.0 Å². The molecule has 11 nitrogen and oxygen atoms in total. The van der Waals surface area contributed by atoms with Gasteiger partial charge in [0, 0.05) is 29.6 Å². The van der Waals surface area contributed by atoms with Crippen molar-refractivity contribution in [2.75, 3.05) is 39.5 Å². The van der Waals surface area contributed by atoms with E-state index in [4.69, 9.17) is 23.7 Å². The van der Waals surface area contributed by atoms with Crippen LogP contribution < -0.4 is 29.6 Å². The molecule has 2 heterocycles. The summed E-state index contributed by atoms with van der Waals surface area (Å²) in [6.45, 7) is 0.754. The van der Waals surface area contributed by atoms with E-state index < -0.39 is 11.8 Å². The van der Waals surface area contributed by atoms with Gasteiger partial charge in [-0.05, 0) is 89.3 Å². The van der Waals surface area contributed by atoms with Crippen LogP contribution in [0.4, 0.5) is 5.69 Å². The molecule has 4 aromatic rings. The molecule has 242 valence electrons. The second-order valence-corrected chi connectivity index (χ2v) is 11.8. The molecule has 1 fully saturated rings. The number of nitrogens with one attached hydrogen (secondary N) is 2. The van der Waals surface area contributed by atoms with Crippen molar-refractivity contribution in [3.05, 3.63) is 101 Å². The van der Waals surface area contributed by atoms with Crippen LogP contribution in [0, 0.1) is 11.8 Å². The van der Waals surface area contributed by atoms with Gasteiger partial charge in [-0.2, -0.15) is 0 Å². The lowest BCUT2D eigenvalue weighted by atomic mass is 9.65. The second-order valence-electron chi connectivity index (χ2n) is 11.8. The van der Waals surface area contributed by atoms with Gasteiger partial charge in [0.2, 0.25) is 12.5 Å². The molecule has 0 spiro atoms. The van der Waals surface area contributed by atoms with Crippen molar-refractivity contribution in [2.24, 2.45) is 11.8 Å². The molecule has 3 aliphatic rings. The van der Waals surface area contributed by atoms with Crippen LogP contribution in [0.25, 0.3) is 0 Å². The number of carbonyl (C=O) groups excluding carboxylic acids is 2. The highest BCUT2D eigenvalue weighted by Gasteiger charge is 2.52. The minimum atomic E-state index is -0.557. The summed E-state index contributed by atoms with van der Waals surface area (Å²) in [6, 6.07) is 21.1. The summed E-state index contributed by atoms with van der Waals surface area (Å²) in [7, 11) is 2.93. The molecule has 11 heteroatoms. The number of benzene rings is 4. The van der Waals surface area contributed by atoms with Crippen LogP contribution in [0.15, 0.2) is 72.8 Å². The minimum Gasteiger partial charge on any atom is -0.508 e. The molecule has 4 atom stereocenters. The van der Waals surface area contributed by atoms with Gasteiger partial charge in [0.1, 0.15) is 5.75 Å². The van der Waals surface area contributed by atoms with Gasteiger partial charge in [-0.3, -0.25) is 9.59 Å². The molecule has 4 N–H and O–H groups in total. The van der Waals surface area contributed by atoms with Crippen molar-refractivity contribution in [1.82, 2.24) is 5.32 Å². The van der Waals surface area contributed by atoms with E-state index in [9.17, 15) is 19.8 Å². The predicted octanol–water partition coefficient (Wildman–Crippen LogP) is 4.90. The van der Waals surface area contributed by atoms with Crippen LogP contribution in [0.5, 0.6) is 34.5 Å². The van der Waals surface area contributed by atoms with Crippen LogP contribution in [-0.2, 0) is 16.0 Å². The molecule has 1 aliphatic carbocycles. The summed E-state index contributed by atoms with van der Waals surface area (Å²) in [4.78, 5) is 26.3. The number of ether oxygens (including phenoxy) is 5. The molecule has 0 saturated carbocycles. The Morgan fingerprint density at radius 3 is 2.19 bits per heavy atom. The number of hydrogen-bond acceptors (Lipinski definition) is 10. The van der Waals surface area contributed by atoms with Gasteiger partial charge in [-0.25, -0.2) is 0 Å². The zero-order chi connectivity index (χ0) is 32.7. The van der Waals surface area contributed by atoms with Crippen LogP contribution in [0.1, 0.15) is 44.6 Å². The third-order valence-electron chi connectivity index (χ3n) is 9.15. The number of rotatable bonds is 9. The van der Waals surface area contributed by atoms with Gasteiger partial charge in [-0.1, -0.05) is 12.1 Å². The van der Waals surface area contributed by atoms with Crippen molar-refractivity contribution in [2.45, 2.75) is 18.4 Å². The molecule has 2 aliphatic heterocycles. The maximum atomic E-state index is 13.4. The first-order valence-electron chi connectivity index (χ1n) is 15.3. The molecule has 0 bridgehead atoms. The monoisotopic (exact) mass is 638 g/mol. The van der Waals surface area contributed by atoms with Crippen molar-refractivity contribution >= 4 is 17.6 Å². The number of esters is 1. The number of fused-ring (bicyclic) bond motifs is 3. The average molecular weight is 639 g/mol. The summed E-state index contributed by atoms with van der Waals surface area (Å²) >= 11 is 0. The number of carbonyl (C=O) groups is 2. The Labute approximate surface area is 271 Å². The molecule has 1 saturated heterocycles. The van der Waals surface area contributed by atoms with E-state index >= 15 is 0 Å². The smallest absolute Gasteiger partial charge is 0.310 e. The van der Waals surface area contributed by atoms with Crippen molar-refractivity contribution in [3.8, 4) is 34.5 Å². The van der Waals surface area contributed by atoms with Crippen LogP contribution in [0.3, 0.4) is 0 Å². The Hall–Kier alpha value is -5.58. The topological polar surface area (TPSA) is 145 Å². The minimum absolute atomic E-state index is 0.0925. The van der Waals surface area contributed by atoms with Crippen LogP contribution in [0.2, 0.25) is 0 Å². The lowest BCUT2D eigenvalue weighted by Crippen LogP contribution is -2.37. The zero-order valence-corrected chi connectivity index (χ0v) is 25.8. The predicted molar refractivity (Wildman–Crippen MR) is 171 cm³/mol. The highest BCUT2D eigenvalue weighted by Crippen LogP contribution is 2.56. The van der Waals surface area contributed by atoms with E-state index in [1.807, 2.05) is 36.4 Å². The summed E-state index contributed by atoms with van der Waals surface area (Å²) in [5.74, 6) is -0.0438. The standard InChI is InChI=1S/C36H34N2O9/c1-43-29-13-21(14-30(44-2)34(29)40)31-24-15-27-28(47-18-46-27)16-25(24)33(26-17-45-36(42)32(26)31)38-22-7-5-20(6-8-22)35(41)37-12-11-19-3-9-23(39)10-4-19/h3-10,13-16,26,31-33,38-40H,11-12,17-18H2,1-2H3,(H,37,41)/t26-,31+,32-,33+/m0/s1. The normalized spacial score (nSPS) is 20.5. The van der Waals surface area contributed by atoms with Gasteiger partial charge in [-0.15, -0.1) is 0 Å². The zero-order valence-electron chi connectivity index (χ0n) is 25.8. The lowest BCUT2D eigenvalue weighted by Gasteiger charge is -2.40. The van der Waals surface area contributed by atoms with Gasteiger partial charge >= 0.3 is 5.97 Å². The third-order valence-corrected chi connectivity index (χ3v) is 9.15. The van der Waals surface area contributed by atoms with Gasteiger partial charge in [0.15, 0.2) is 23.0 Å². The molecule has 0 aromatic heterocycles. The molecule has 4 aromatic carbocycles. The molecule has 0 unspecified atom stereocenters. The fraction of sp³-hybridized carbons (Fsp3) is 0.278. The number of anilines is 1. The second kappa shape index (κ2) is 12.3. The average Bonchev–Trinajstić information content (AvgIpc) is 3.71. The molecule has 47 heavy (non-hydrogen) atoms. The molecule has 1 amide bonds. The number of cyclic esters (lactones) is 1. The number of amides is 1. The summed E-state index contributed by atoms with van der Waals surface area (Å²) in [6.07, 6.45) is 0.638. The maximum Gasteiger partial charge on any atom is 0.310 e. The van der Waals surface area contributed by atoms with Crippen molar-refractivity contribution in [1.29, 1.82) is 0 Å². The largest absolute Gasteiger partial charge is 0.508 e. The van der Waals surface area contributed by atoms with Crippen LogP contribution >= 0.6 is 0 Å². The Kier molecular flexibility index (Phi) is 7.88. The van der Waals surface area contributed by atoms with Crippen molar-refractivity contribution in [3.63, 3.8) is 0 Å². The Bertz CT molecular complexity index is 1800. The number of phenols is 2. The van der Waals surface area contributed by atoms with Gasteiger partial charge < -0.3 is 44.5 Å². The number of hydrogen-bond donors (Lipinski definition) is 4. The Morgan fingerprint density at radius 2 is 1.53 bits per heavy atom. The molecule has 7 rings (SSSR count). The maximum absolute atomic E-state index is 13.4. The summed E-state index contributed by atoms with van der Waals surface area (Å²) in [5, 5.41) is 26.6. The SMILES string of the molecule is COc1cc([C@@H]2c3cc4c(cc3[C@@H](Nc3ccc(C(=O)NCCc5ccc(O)cc5)cc3)[C@H]3COC(=O)[C@H]23)OCO4)cc(OC)c1O. The van der Waals surface area contributed by atoms with E-state index in [0.717, 1.165) is 27.9 Å². The molecule has 0 radical (unpaired) electrons. The van der Waals surface area contributed by atoms with E-state index in [-0.39, 0.29) is 60.2 Å². The Balaban J connectivity index is 1.18. The first-order chi connectivity index (χ1) is 22.8. The van der Waals surface area contributed by atoms with Crippen molar-refractivity contribution < 1.29 is 43.5 Å². The highest BCUT2D eigenvalue weighted by atomic mass is 16.7. The van der Waals surface area contributed by atoms with E-state index in [1.165, 1.54) is 14.2 Å². The fourth-order valence-corrected chi connectivity index (χ4v) is 6.82. The van der Waals surface area contributed by atoms with Crippen LogP contribution in [-0.4, -0.2) is 56.3 Å². The summed E-state index contributed by atoms with van der Waals surface area (Å²) < 4.78 is 28.1. The van der Waals surface area contributed by atoms with E-state index in [1.54, 1.807) is 36.4 Å². The molecular weight excluding hydrogens is 604 g/mol. The van der Waals surface area contributed by atoms with Gasteiger partial charge in [0.05, 0.1) is 32.8 Å². The quantitative estimate of drug-likeness (QED) is 0.187. The number of methoxy groups -OCH3 is 2. The highest BCUT2D eigenvalue weighted by molar-refractivity contribution is 5.94. The van der Waals surface area contributed by atoms with Gasteiger partial charge in [0.25, 0.3) is 5.91 Å². The number of phenolic OH excluding ortho intramolecular Hbond substituents is 2. The number of aromatic hydroxyl groups is 2. The fourth-order valence-electron chi connectivity index (χ4n) is 6.82. The Morgan fingerprint density at radius 1 is 0.872 bits per heavy atom. The third kappa shape index (κ3) is 5.58.